The predicted octanol–water partition coefficient (Wildman–Crippen LogP) is 4.32. The monoisotopic (exact) mass is 460 g/mol. The molecule has 0 radical (unpaired) electrons. The molecule has 0 spiro atoms. The number of rotatable bonds is 9. The number of amides is 1. The molecule has 0 aliphatic carbocycles. The molecule has 2 heterocycles. The van der Waals surface area contributed by atoms with Crippen LogP contribution in [0.15, 0.2) is 72.0 Å². The van der Waals surface area contributed by atoms with Crippen LogP contribution in [0.1, 0.15) is 30.9 Å². The van der Waals surface area contributed by atoms with Gasteiger partial charge in [0.1, 0.15) is 5.82 Å². The van der Waals surface area contributed by atoms with Gasteiger partial charge in [0.05, 0.1) is 24.0 Å². The number of nitrogens with one attached hydrogen (secondary N) is 2. The molecular formula is C25H28N6OS. The molecule has 2 aromatic carbocycles. The molecule has 4 rings (SSSR count). The van der Waals surface area contributed by atoms with Crippen molar-refractivity contribution in [3.05, 3.63) is 78.0 Å². The molecule has 0 saturated heterocycles. The van der Waals surface area contributed by atoms with E-state index in [2.05, 4.69) is 39.5 Å². The zero-order valence-corrected chi connectivity index (χ0v) is 19.8. The van der Waals surface area contributed by atoms with Gasteiger partial charge < -0.3 is 10.6 Å². The maximum Gasteiger partial charge on any atom is 0.232 e. The second kappa shape index (κ2) is 10.5. The number of carbonyl (C=O) groups excluding carboxylic acids is 1. The molecule has 7 nitrogen and oxygen atoms in total. The highest BCUT2D eigenvalue weighted by Gasteiger charge is 2.22. The molecule has 4 aromatic rings. The number of anilines is 1. The van der Waals surface area contributed by atoms with Crippen molar-refractivity contribution >= 4 is 34.5 Å². The molecule has 1 amide bonds. The van der Waals surface area contributed by atoms with Gasteiger partial charge in [0.25, 0.3) is 0 Å². The lowest BCUT2D eigenvalue weighted by molar-refractivity contribution is -0.121. The fourth-order valence-electron chi connectivity index (χ4n) is 3.75. The highest BCUT2D eigenvalue weighted by Crippen LogP contribution is 2.25. The highest BCUT2D eigenvalue weighted by atomic mass is 32.2. The van der Waals surface area contributed by atoms with Crippen LogP contribution in [0.4, 0.5) is 5.82 Å². The summed E-state index contributed by atoms with van der Waals surface area (Å²) in [5.41, 5.74) is 2.69. The van der Waals surface area contributed by atoms with E-state index in [-0.39, 0.29) is 17.9 Å². The molecule has 0 atom stereocenters. The van der Waals surface area contributed by atoms with Crippen molar-refractivity contribution in [1.29, 1.82) is 0 Å². The SMILES string of the molecule is CSc1nc(NC(C)C)c2cnn(CCNC(=O)C(c3ccccc3)c3ccccc3)c2n1. The molecule has 0 aliphatic rings. The third kappa shape index (κ3) is 5.34. The standard InChI is InChI=1S/C25H28N6OS/c1-17(2)28-22-20-16-27-31(23(20)30-25(29-22)33-3)15-14-26-24(32)21(18-10-6-4-7-11-18)19-12-8-5-9-13-19/h4-13,16-17,21H,14-15H2,1-3H3,(H,26,32)(H,28,29,30). The summed E-state index contributed by atoms with van der Waals surface area (Å²) in [5, 5.41) is 12.5. The summed E-state index contributed by atoms with van der Waals surface area (Å²) in [5.74, 6) is 0.377. The molecule has 0 bridgehead atoms. The van der Waals surface area contributed by atoms with Gasteiger partial charge in [0, 0.05) is 12.6 Å². The first-order valence-electron chi connectivity index (χ1n) is 11.0. The second-order valence-corrected chi connectivity index (χ2v) is 8.78. The summed E-state index contributed by atoms with van der Waals surface area (Å²) in [6.07, 6.45) is 3.73. The van der Waals surface area contributed by atoms with Gasteiger partial charge in [-0.3, -0.25) is 4.79 Å². The number of thioether (sulfide) groups is 1. The smallest absolute Gasteiger partial charge is 0.232 e. The van der Waals surface area contributed by atoms with Crippen molar-refractivity contribution in [2.75, 3.05) is 18.1 Å². The Balaban J connectivity index is 1.52. The summed E-state index contributed by atoms with van der Waals surface area (Å²) in [4.78, 5) is 22.5. The lowest BCUT2D eigenvalue weighted by atomic mass is 9.90. The van der Waals surface area contributed by atoms with Gasteiger partial charge in [-0.15, -0.1) is 0 Å². The molecule has 0 fully saturated rings. The van der Waals surface area contributed by atoms with E-state index in [1.165, 1.54) is 11.8 Å². The minimum Gasteiger partial charge on any atom is -0.367 e. The van der Waals surface area contributed by atoms with Crippen LogP contribution in [0.5, 0.6) is 0 Å². The van der Waals surface area contributed by atoms with Crippen molar-refractivity contribution in [2.24, 2.45) is 0 Å². The Labute approximate surface area is 198 Å². The first-order valence-corrected chi connectivity index (χ1v) is 12.2. The maximum atomic E-state index is 13.2. The van der Waals surface area contributed by atoms with Crippen LogP contribution in [0, 0.1) is 0 Å². The minimum absolute atomic E-state index is 0.0366. The predicted molar refractivity (Wildman–Crippen MR) is 134 cm³/mol. The van der Waals surface area contributed by atoms with E-state index in [1.807, 2.05) is 71.6 Å². The van der Waals surface area contributed by atoms with Gasteiger partial charge in [-0.2, -0.15) is 5.10 Å². The molecule has 8 heteroatoms. The Morgan fingerprint density at radius 1 is 1.00 bits per heavy atom. The molecule has 2 aromatic heterocycles. The topological polar surface area (TPSA) is 84.7 Å². The quantitative estimate of drug-likeness (QED) is 0.286. The van der Waals surface area contributed by atoms with Crippen LogP contribution in [0.25, 0.3) is 11.0 Å². The zero-order chi connectivity index (χ0) is 23.2. The van der Waals surface area contributed by atoms with E-state index < -0.39 is 0 Å². The zero-order valence-electron chi connectivity index (χ0n) is 19.0. The lowest BCUT2D eigenvalue weighted by Gasteiger charge is -2.18. The van der Waals surface area contributed by atoms with E-state index >= 15 is 0 Å². The number of hydrogen-bond donors (Lipinski definition) is 2. The largest absolute Gasteiger partial charge is 0.367 e. The van der Waals surface area contributed by atoms with Crippen LogP contribution >= 0.6 is 11.8 Å². The first kappa shape index (κ1) is 22.8. The maximum absolute atomic E-state index is 13.2. The molecule has 170 valence electrons. The number of nitrogens with zero attached hydrogens (tertiary/aromatic N) is 4. The Morgan fingerprint density at radius 2 is 1.64 bits per heavy atom. The van der Waals surface area contributed by atoms with E-state index in [0.29, 0.717) is 18.2 Å². The minimum atomic E-state index is -0.367. The van der Waals surface area contributed by atoms with E-state index in [9.17, 15) is 4.79 Å². The average Bonchev–Trinajstić information content (AvgIpc) is 3.23. The summed E-state index contributed by atoms with van der Waals surface area (Å²) in [6, 6.07) is 19.9. The fourth-order valence-corrected chi connectivity index (χ4v) is 4.11. The molecule has 2 N–H and O–H groups in total. The normalized spacial score (nSPS) is 11.3. The van der Waals surface area contributed by atoms with Gasteiger partial charge in [-0.25, -0.2) is 14.6 Å². The molecule has 0 unspecified atom stereocenters. The number of carbonyl (C=O) groups is 1. The highest BCUT2D eigenvalue weighted by molar-refractivity contribution is 7.98. The van der Waals surface area contributed by atoms with Crippen LogP contribution in [-0.4, -0.2) is 44.5 Å². The van der Waals surface area contributed by atoms with Crippen LogP contribution in [0.2, 0.25) is 0 Å². The molecule has 0 aliphatic heterocycles. The van der Waals surface area contributed by atoms with Gasteiger partial charge >= 0.3 is 0 Å². The number of benzene rings is 2. The number of hydrogen-bond acceptors (Lipinski definition) is 6. The Kier molecular flexibility index (Phi) is 7.24. The third-order valence-electron chi connectivity index (χ3n) is 5.23. The van der Waals surface area contributed by atoms with Gasteiger partial charge in [-0.05, 0) is 31.2 Å². The van der Waals surface area contributed by atoms with Crippen LogP contribution in [-0.2, 0) is 11.3 Å². The van der Waals surface area contributed by atoms with Crippen LogP contribution in [0.3, 0.4) is 0 Å². The van der Waals surface area contributed by atoms with E-state index in [4.69, 9.17) is 0 Å². The van der Waals surface area contributed by atoms with Gasteiger partial charge in [-0.1, -0.05) is 72.4 Å². The molecule has 33 heavy (non-hydrogen) atoms. The summed E-state index contributed by atoms with van der Waals surface area (Å²) in [6.45, 7) is 5.10. The van der Waals surface area contributed by atoms with Crippen molar-refractivity contribution in [3.63, 3.8) is 0 Å². The molecular weight excluding hydrogens is 432 g/mol. The van der Waals surface area contributed by atoms with Crippen molar-refractivity contribution < 1.29 is 4.79 Å². The number of fused-ring (bicyclic) bond motifs is 1. The van der Waals surface area contributed by atoms with E-state index in [0.717, 1.165) is 28.0 Å². The van der Waals surface area contributed by atoms with Crippen molar-refractivity contribution in [3.8, 4) is 0 Å². The van der Waals surface area contributed by atoms with Crippen molar-refractivity contribution in [2.45, 2.75) is 37.5 Å². The Bertz CT molecular complexity index is 1170. The van der Waals surface area contributed by atoms with Crippen molar-refractivity contribution in [1.82, 2.24) is 25.1 Å². The van der Waals surface area contributed by atoms with Gasteiger partial charge in [0.15, 0.2) is 10.8 Å². The lowest BCUT2D eigenvalue weighted by Crippen LogP contribution is -2.32. The summed E-state index contributed by atoms with van der Waals surface area (Å²) < 4.78 is 1.82. The summed E-state index contributed by atoms with van der Waals surface area (Å²) in [7, 11) is 0. The van der Waals surface area contributed by atoms with Crippen LogP contribution < -0.4 is 10.6 Å². The Hall–Kier alpha value is -3.39. The fraction of sp³-hybridized carbons (Fsp3) is 0.280. The van der Waals surface area contributed by atoms with E-state index in [1.54, 1.807) is 6.20 Å². The first-order chi connectivity index (χ1) is 16.1. The summed E-state index contributed by atoms with van der Waals surface area (Å²) >= 11 is 1.49. The molecule has 0 saturated carbocycles. The number of aromatic nitrogens is 4. The van der Waals surface area contributed by atoms with Gasteiger partial charge in [0.2, 0.25) is 5.91 Å². The second-order valence-electron chi connectivity index (χ2n) is 8.01. The Morgan fingerprint density at radius 3 is 2.21 bits per heavy atom. The average molecular weight is 461 g/mol. The third-order valence-corrected chi connectivity index (χ3v) is 5.78.